The number of para-hydroxylation sites is 1. The molecule has 0 bridgehead atoms. The molecule has 1 fully saturated rings. The van der Waals surface area contributed by atoms with Gasteiger partial charge < -0.3 is 15.0 Å². The number of benzene rings is 1. The highest BCUT2D eigenvalue weighted by molar-refractivity contribution is 5.55. The largest absolute Gasteiger partial charge is 0.379 e. The Morgan fingerprint density at radius 3 is 3.05 bits per heavy atom. The number of nitrogens with zero attached hydrogens (tertiary/aromatic N) is 1. The predicted octanol–water partition coefficient (Wildman–Crippen LogP) is 2.55. The second-order valence-electron chi connectivity index (χ2n) is 5.66. The van der Waals surface area contributed by atoms with Gasteiger partial charge in [-0.05, 0) is 24.5 Å². The number of hydrogen-bond donors (Lipinski definition) is 1. The maximum absolute atomic E-state index is 5.60. The van der Waals surface area contributed by atoms with Crippen LogP contribution in [0.15, 0.2) is 24.3 Å². The van der Waals surface area contributed by atoms with Gasteiger partial charge in [0.15, 0.2) is 0 Å². The molecule has 104 valence electrons. The van der Waals surface area contributed by atoms with Gasteiger partial charge in [-0.15, -0.1) is 0 Å². The van der Waals surface area contributed by atoms with Crippen molar-refractivity contribution in [2.45, 2.75) is 44.8 Å². The van der Waals surface area contributed by atoms with Crippen LogP contribution in [-0.4, -0.2) is 31.8 Å². The van der Waals surface area contributed by atoms with Gasteiger partial charge in [0.2, 0.25) is 0 Å². The van der Waals surface area contributed by atoms with Gasteiger partial charge in [-0.3, -0.25) is 0 Å². The lowest BCUT2D eigenvalue weighted by Crippen LogP contribution is -2.43. The molecule has 0 aliphatic carbocycles. The highest BCUT2D eigenvalue weighted by atomic mass is 16.5. The Labute approximate surface area is 115 Å². The SMILES string of the molecule is CCCC1CN(C2CCOC2)c2ccccc2CN1. The normalized spacial score (nSPS) is 27.1. The van der Waals surface area contributed by atoms with Crippen LogP contribution in [0, 0.1) is 0 Å². The summed E-state index contributed by atoms with van der Waals surface area (Å²) in [6.45, 7) is 6.16. The van der Waals surface area contributed by atoms with Gasteiger partial charge >= 0.3 is 0 Å². The lowest BCUT2D eigenvalue weighted by Gasteiger charge is -2.32. The third-order valence-electron chi connectivity index (χ3n) is 4.28. The van der Waals surface area contributed by atoms with E-state index in [0.29, 0.717) is 12.1 Å². The minimum Gasteiger partial charge on any atom is -0.379 e. The summed E-state index contributed by atoms with van der Waals surface area (Å²) in [6, 6.07) is 9.97. The fourth-order valence-electron chi connectivity index (χ4n) is 3.25. The zero-order chi connectivity index (χ0) is 13.1. The van der Waals surface area contributed by atoms with E-state index in [9.17, 15) is 0 Å². The lowest BCUT2D eigenvalue weighted by molar-refractivity contribution is 0.192. The Bertz CT molecular complexity index is 415. The summed E-state index contributed by atoms with van der Waals surface area (Å²) < 4.78 is 5.60. The smallest absolute Gasteiger partial charge is 0.0670 e. The number of ether oxygens (including phenoxy) is 1. The fourth-order valence-corrected chi connectivity index (χ4v) is 3.25. The molecule has 2 aliphatic rings. The van der Waals surface area contributed by atoms with Gasteiger partial charge in [-0.25, -0.2) is 0 Å². The van der Waals surface area contributed by atoms with Crippen molar-refractivity contribution in [3.63, 3.8) is 0 Å². The molecule has 3 rings (SSSR count). The van der Waals surface area contributed by atoms with E-state index in [1.54, 1.807) is 0 Å². The van der Waals surface area contributed by atoms with Gasteiger partial charge in [0.25, 0.3) is 0 Å². The Morgan fingerprint density at radius 2 is 2.26 bits per heavy atom. The lowest BCUT2D eigenvalue weighted by atomic mass is 10.1. The molecular formula is C16H24N2O. The maximum Gasteiger partial charge on any atom is 0.0670 e. The third kappa shape index (κ3) is 2.77. The number of fused-ring (bicyclic) bond motifs is 1. The van der Waals surface area contributed by atoms with E-state index in [-0.39, 0.29) is 0 Å². The van der Waals surface area contributed by atoms with Crippen molar-refractivity contribution in [3.05, 3.63) is 29.8 Å². The summed E-state index contributed by atoms with van der Waals surface area (Å²) in [6.07, 6.45) is 3.65. The molecule has 0 radical (unpaired) electrons. The van der Waals surface area contributed by atoms with Crippen molar-refractivity contribution >= 4 is 5.69 Å². The zero-order valence-electron chi connectivity index (χ0n) is 11.8. The molecule has 1 saturated heterocycles. The molecule has 2 atom stereocenters. The Kier molecular flexibility index (Phi) is 4.04. The van der Waals surface area contributed by atoms with E-state index in [4.69, 9.17) is 4.74 Å². The molecule has 2 unspecified atom stereocenters. The van der Waals surface area contributed by atoms with Gasteiger partial charge in [-0.2, -0.15) is 0 Å². The highest BCUT2D eigenvalue weighted by Gasteiger charge is 2.28. The molecule has 1 aromatic rings. The molecule has 1 N–H and O–H groups in total. The van der Waals surface area contributed by atoms with Crippen LogP contribution in [0.3, 0.4) is 0 Å². The quantitative estimate of drug-likeness (QED) is 0.904. The summed E-state index contributed by atoms with van der Waals surface area (Å²) in [5, 5.41) is 3.71. The number of rotatable bonds is 3. The monoisotopic (exact) mass is 260 g/mol. The average molecular weight is 260 g/mol. The topological polar surface area (TPSA) is 24.5 Å². The van der Waals surface area contributed by atoms with Crippen molar-refractivity contribution < 1.29 is 4.74 Å². The third-order valence-corrected chi connectivity index (χ3v) is 4.28. The summed E-state index contributed by atoms with van der Waals surface area (Å²) in [5.74, 6) is 0. The first-order chi connectivity index (χ1) is 9.38. The number of anilines is 1. The van der Waals surface area contributed by atoms with Crippen molar-refractivity contribution in [1.29, 1.82) is 0 Å². The molecule has 0 spiro atoms. The maximum atomic E-state index is 5.60. The van der Waals surface area contributed by atoms with Crippen molar-refractivity contribution in [3.8, 4) is 0 Å². The standard InChI is InChI=1S/C16H24N2O/c1-2-5-14-11-18(15-8-9-19-12-15)16-7-4-3-6-13(16)10-17-14/h3-4,6-7,14-15,17H,2,5,8-12H2,1H3. The molecule has 0 amide bonds. The van der Waals surface area contributed by atoms with Crippen LogP contribution in [0.2, 0.25) is 0 Å². The van der Waals surface area contributed by atoms with Gasteiger partial charge in [-0.1, -0.05) is 31.5 Å². The summed E-state index contributed by atoms with van der Waals surface area (Å²) >= 11 is 0. The molecule has 3 heteroatoms. The minimum atomic E-state index is 0.556. The van der Waals surface area contributed by atoms with Crippen LogP contribution in [0.5, 0.6) is 0 Å². The van der Waals surface area contributed by atoms with E-state index in [2.05, 4.69) is 41.4 Å². The first kappa shape index (κ1) is 12.9. The molecule has 2 aliphatic heterocycles. The second-order valence-corrected chi connectivity index (χ2v) is 5.66. The molecule has 19 heavy (non-hydrogen) atoms. The van der Waals surface area contributed by atoms with E-state index >= 15 is 0 Å². The van der Waals surface area contributed by atoms with E-state index in [1.807, 2.05) is 0 Å². The average Bonchev–Trinajstić information content (AvgIpc) is 2.90. The van der Waals surface area contributed by atoms with E-state index < -0.39 is 0 Å². The Hall–Kier alpha value is -1.06. The van der Waals surface area contributed by atoms with Crippen LogP contribution in [0.25, 0.3) is 0 Å². The highest BCUT2D eigenvalue weighted by Crippen LogP contribution is 2.28. The van der Waals surface area contributed by atoms with Gasteiger partial charge in [0, 0.05) is 31.4 Å². The molecule has 0 aromatic heterocycles. The van der Waals surface area contributed by atoms with Crippen molar-refractivity contribution in [1.82, 2.24) is 5.32 Å². The number of hydrogen-bond acceptors (Lipinski definition) is 3. The molecule has 0 saturated carbocycles. The van der Waals surface area contributed by atoms with Crippen LogP contribution < -0.4 is 10.2 Å². The number of nitrogens with one attached hydrogen (secondary N) is 1. The predicted molar refractivity (Wildman–Crippen MR) is 78.5 cm³/mol. The summed E-state index contributed by atoms with van der Waals surface area (Å²) in [5.41, 5.74) is 2.83. The summed E-state index contributed by atoms with van der Waals surface area (Å²) in [4.78, 5) is 2.59. The van der Waals surface area contributed by atoms with Gasteiger partial charge in [0.1, 0.15) is 0 Å². The van der Waals surface area contributed by atoms with Crippen molar-refractivity contribution in [2.75, 3.05) is 24.7 Å². The first-order valence-electron chi connectivity index (χ1n) is 7.54. The Balaban J connectivity index is 1.87. The fraction of sp³-hybridized carbons (Fsp3) is 0.625. The molecule has 2 heterocycles. The summed E-state index contributed by atoms with van der Waals surface area (Å²) in [7, 11) is 0. The van der Waals surface area contributed by atoms with E-state index in [1.165, 1.54) is 24.1 Å². The van der Waals surface area contributed by atoms with Crippen LogP contribution in [-0.2, 0) is 11.3 Å². The first-order valence-corrected chi connectivity index (χ1v) is 7.54. The van der Waals surface area contributed by atoms with Crippen LogP contribution in [0.1, 0.15) is 31.7 Å². The molecule has 1 aromatic carbocycles. The Morgan fingerprint density at radius 1 is 1.37 bits per heavy atom. The molecule has 3 nitrogen and oxygen atoms in total. The van der Waals surface area contributed by atoms with Crippen LogP contribution in [0.4, 0.5) is 5.69 Å². The zero-order valence-corrected chi connectivity index (χ0v) is 11.8. The molecular weight excluding hydrogens is 236 g/mol. The second kappa shape index (κ2) is 5.93. The minimum absolute atomic E-state index is 0.556. The van der Waals surface area contributed by atoms with E-state index in [0.717, 1.165) is 32.7 Å². The van der Waals surface area contributed by atoms with Crippen LogP contribution >= 0.6 is 0 Å². The van der Waals surface area contributed by atoms with Gasteiger partial charge in [0.05, 0.1) is 12.6 Å². The van der Waals surface area contributed by atoms with Crippen molar-refractivity contribution in [2.24, 2.45) is 0 Å².